The third kappa shape index (κ3) is 4.68. The standard InChI is InChI=1S/C13H14N2O4/c1-8(2)3-4-9-5-10(16)12(14-6-9)13(19)15-7-11(17)18/h5-6,8,16H,7H2,1-2H3,(H,15,19)(H,17,18). The molecule has 100 valence electrons. The van der Waals surface area contributed by atoms with Gasteiger partial charge in [-0.05, 0) is 6.07 Å². The lowest BCUT2D eigenvalue weighted by molar-refractivity contribution is -0.135. The summed E-state index contributed by atoms with van der Waals surface area (Å²) in [6.07, 6.45) is 1.35. The molecule has 1 amide bonds. The summed E-state index contributed by atoms with van der Waals surface area (Å²) in [6, 6.07) is 1.32. The second kappa shape index (κ2) is 6.40. The average Bonchev–Trinajstić information content (AvgIpc) is 2.33. The zero-order valence-electron chi connectivity index (χ0n) is 10.6. The van der Waals surface area contributed by atoms with Gasteiger partial charge in [-0.1, -0.05) is 25.7 Å². The first-order chi connectivity index (χ1) is 8.90. The van der Waals surface area contributed by atoms with Gasteiger partial charge in [-0.25, -0.2) is 4.98 Å². The van der Waals surface area contributed by atoms with Crippen molar-refractivity contribution < 1.29 is 19.8 Å². The van der Waals surface area contributed by atoms with Crippen LogP contribution in [0.15, 0.2) is 12.3 Å². The first kappa shape index (κ1) is 14.5. The predicted molar refractivity (Wildman–Crippen MR) is 67.6 cm³/mol. The number of nitrogens with one attached hydrogen (secondary N) is 1. The largest absolute Gasteiger partial charge is 0.505 e. The van der Waals surface area contributed by atoms with Gasteiger partial charge in [-0.3, -0.25) is 9.59 Å². The molecule has 0 unspecified atom stereocenters. The van der Waals surface area contributed by atoms with Gasteiger partial charge in [0, 0.05) is 17.7 Å². The van der Waals surface area contributed by atoms with E-state index in [1.165, 1.54) is 12.3 Å². The lowest BCUT2D eigenvalue weighted by Gasteiger charge is -2.04. The van der Waals surface area contributed by atoms with E-state index in [0.29, 0.717) is 5.56 Å². The molecule has 1 aromatic heterocycles. The zero-order valence-corrected chi connectivity index (χ0v) is 10.6. The Morgan fingerprint density at radius 1 is 1.47 bits per heavy atom. The highest BCUT2D eigenvalue weighted by atomic mass is 16.4. The first-order valence-corrected chi connectivity index (χ1v) is 5.60. The number of nitrogens with zero attached hydrogens (tertiary/aromatic N) is 1. The molecule has 0 saturated heterocycles. The van der Waals surface area contributed by atoms with Crippen LogP contribution in [0.1, 0.15) is 29.9 Å². The number of hydrogen-bond acceptors (Lipinski definition) is 4. The molecule has 1 heterocycles. The Bertz CT molecular complexity index is 555. The molecule has 0 atom stereocenters. The maximum atomic E-state index is 11.5. The fourth-order valence-corrected chi connectivity index (χ4v) is 1.16. The number of amides is 1. The van der Waals surface area contributed by atoms with Crippen molar-refractivity contribution in [3.8, 4) is 17.6 Å². The molecule has 1 rings (SSSR count). The van der Waals surface area contributed by atoms with E-state index in [4.69, 9.17) is 5.11 Å². The Balaban J connectivity index is 2.86. The van der Waals surface area contributed by atoms with E-state index in [0.717, 1.165) is 0 Å². The van der Waals surface area contributed by atoms with Gasteiger partial charge < -0.3 is 15.5 Å². The Hall–Kier alpha value is -2.55. The average molecular weight is 262 g/mol. The third-order valence-electron chi connectivity index (χ3n) is 1.99. The Morgan fingerprint density at radius 2 is 2.16 bits per heavy atom. The summed E-state index contributed by atoms with van der Waals surface area (Å²) in [5.74, 6) is 3.63. The van der Waals surface area contributed by atoms with Crippen molar-refractivity contribution in [1.82, 2.24) is 10.3 Å². The monoisotopic (exact) mass is 262 g/mol. The van der Waals surface area contributed by atoms with Crippen molar-refractivity contribution >= 4 is 11.9 Å². The van der Waals surface area contributed by atoms with Gasteiger partial charge in [-0.15, -0.1) is 0 Å². The van der Waals surface area contributed by atoms with Crippen LogP contribution in [0.4, 0.5) is 0 Å². The van der Waals surface area contributed by atoms with Crippen molar-refractivity contribution in [2.45, 2.75) is 13.8 Å². The molecule has 0 radical (unpaired) electrons. The summed E-state index contributed by atoms with van der Waals surface area (Å²) in [5.41, 5.74) is 0.261. The van der Waals surface area contributed by atoms with Crippen LogP contribution in [0, 0.1) is 17.8 Å². The Kier molecular flexibility index (Phi) is 4.89. The molecule has 0 bridgehead atoms. The van der Waals surface area contributed by atoms with E-state index in [-0.39, 0.29) is 17.4 Å². The topological polar surface area (TPSA) is 99.5 Å². The van der Waals surface area contributed by atoms with Crippen LogP contribution in [-0.4, -0.2) is 33.6 Å². The van der Waals surface area contributed by atoms with Gasteiger partial charge in [0.25, 0.3) is 5.91 Å². The summed E-state index contributed by atoms with van der Waals surface area (Å²) in [6.45, 7) is 3.32. The molecule has 6 nitrogen and oxygen atoms in total. The number of aliphatic carboxylic acids is 1. The van der Waals surface area contributed by atoms with Gasteiger partial charge in [0.15, 0.2) is 5.69 Å². The third-order valence-corrected chi connectivity index (χ3v) is 1.99. The molecule has 0 fully saturated rings. The minimum Gasteiger partial charge on any atom is -0.505 e. The van der Waals surface area contributed by atoms with E-state index in [2.05, 4.69) is 22.1 Å². The molecule has 0 aliphatic carbocycles. The van der Waals surface area contributed by atoms with E-state index < -0.39 is 18.4 Å². The molecule has 19 heavy (non-hydrogen) atoms. The van der Waals surface area contributed by atoms with E-state index in [9.17, 15) is 14.7 Å². The SMILES string of the molecule is CC(C)C#Cc1cnc(C(=O)NCC(=O)O)c(O)c1. The fraction of sp³-hybridized carbons (Fsp3) is 0.308. The number of aromatic hydroxyl groups is 1. The number of hydrogen-bond donors (Lipinski definition) is 3. The molecule has 0 aliphatic heterocycles. The normalized spacial score (nSPS) is 9.63. The number of carbonyl (C=O) groups excluding carboxylic acids is 1. The second-order valence-electron chi connectivity index (χ2n) is 4.09. The molecule has 0 spiro atoms. The number of aromatic nitrogens is 1. The van der Waals surface area contributed by atoms with E-state index in [1.807, 2.05) is 13.8 Å². The molecular formula is C13H14N2O4. The second-order valence-corrected chi connectivity index (χ2v) is 4.09. The number of carbonyl (C=O) groups is 2. The number of pyridine rings is 1. The lowest BCUT2D eigenvalue weighted by atomic mass is 10.2. The van der Waals surface area contributed by atoms with Gasteiger partial charge >= 0.3 is 5.97 Å². The summed E-state index contributed by atoms with van der Waals surface area (Å²) in [7, 11) is 0. The zero-order chi connectivity index (χ0) is 14.4. The van der Waals surface area contributed by atoms with Crippen molar-refractivity contribution in [2.75, 3.05) is 6.54 Å². The minimum atomic E-state index is -1.17. The highest BCUT2D eigenvalue weighted by Crippen LogP contribution is 2.15. The van der Waals surface area contributed by atoms with E-state index in [1.54, 1.807) is 0 Å². The summed E-state index contributed by atoms with van der Waals surface area (Å²) >= 11 is 0. The smallest absolute Gasteiger partial charge is 0.322 e. The van der Waals surface area contributed by atoms with E-state index >= 15 is 0 Å². The maximum absolute atomic E-state index is 11.5. The Morgan fingerprint density at radius 3 is 2.68 bits per heavy atom. The molecular weight excluding hydrogens is 248 g/mol. The van der Waals surface area contributed by atoms with Crippen LogP contribution in [0.2, 0.25) is 0 Å². The highest BCUT2D eigenvalue weighted by molar-refractivity contribution is 5.96. The van der Waals surface area contributed by atoms with Gasteiger partial charge in [0.05, 0.1) is 0 Å². The van der Waals surface area contributed by atoms with Crippen molar-refractivity contribution in [3.63, 3.8) is 0 Å². The van der Waals surface area contributed by atoms with Crippen LogP contribution in [0.5, 0.6) is 5.75 Å². The van der Waals surface area contributed by atoms with Crippen LogP contribution in [0.3, 0.4) is 0 Å². The molecule has 3 N–H and O–H groups in total. The van der Waals surface area contributed by atoms with Crippen molar-refractivity contribution in [1.29, 1.82) is 0 Å². The van der Waals surface area contributed by atoms with Gasteiger partial charge in [0.1, 0.15) is 12.3 Å². The molecule has 0 saturated carbocycles. The van der Waals surface area contributed by atoms with Gasteiger partial charge in [0.2, 0.25) is 0 Å². The first-order valence-electron chi connectivity index (χ1n) is 5.60. The summed E-state index contributed by atoms with van der Waals surface area (Å²) in [5, 5.41) is 20.2. The minimum absolute atomic E-state index is 0.181. The fourth-order valence-electron chi connectivity index (χ4n) is 1.16. The number of rotatable bonds is 3. The van der Waals surface area contributed by atoms with Crippen molar-refractivity contribution in [2.24, 2.45) is 5.92 Å². The molecule has 0 aliphatic rings. The molecule has 0 aromatic carbocycles. The van der Waals surface area contributed by atoms with Crippen LogP contribution in [0.25, 0.3) is 0 Å². The quantitative estimate of drug-likeness (QED) is 0.693. The highest BCUT2D eigenvalue weighted by Gasteiger charge is 2.13. The maximum Gasteiger partial charge on any atom is 0.322 e. The Labute approximate surface area is 110 Å². The summed E-state index contributed by atoms with van der Waals surface area (Å²) in [4.78, 5) is 25.6. The van der Waals surface area contributed by atoms with Crippen LogP contribution in [-0.2, 0) is 4.79 Å². The number of carboxylic acids is 1. The van der Waals surface area contributed by atoms with Crippen LogP contribution < -0.4 is 5.32 Å². The lowest BCUT2D eigenvalue weighted by Crippen LogP contribution is -2.29. The summed E-state index contributed by atoms with van der Waals surface area (Å²) < 4.78 is 0. The molecule has 6 heteroatoms. The van der Waals surface area contributed by atoms with Crippen molar-refractivity contribution in [3.05, 3.63) is 23.5 Å². The van der Waals surface area contributed by atoms with Crippen LogP contribution >= 0.6 is 0 Å². The predicted octanol–water partition coefficient (Wildman–Crippen LogP) is 0.609. The van der Waals surface area contributed by atoms with Gasteiger partial charge in [-0.2, -0.15) is 0 Å². The number of carboxylic acid groups (broad SMARTS) is 1. The molecule has 1 aromatic rings.